The maximum Gasteiger partial charge on any atom is -0.00425 e. The third-order valence-corrected chi connectivity index (χ3v) is 4.12. The van der Waals surface area contributed by atoms with Gasteiger partial charge >= 0.3 is 0 Å². The van der Waals surface area contributed by atoms with Crippen LogP contribution < -0.4 is 5.73 Å². The van der Waals surface area contributed by atoms with E-state index in [4.69, 9.17) is 5.73 Å². The molecule has 2 aromatic rings. The van der Waals surface area contributed by atoms with Gasteiger partial charge in [0.25, 0.3) is 0 Å². The van der Waals surface area contributed by atoms with Crippen molar-refractivity contribution >= 4 is 0 Å². The molecule has 0 saturated heterocycles. The lowest BCUT2D eigenvalue weighted by molar-refractivity contribution is 0.531. The molecule has 0 aromatic heterocycles. The zero-order valence-electron chi connectivity index (χ0n) is 12.8. The second-order valence-corrected chi connectivity index (χ2v) is 5.87. The Morgan fingerprint density at radius 3 is 2.00 bits per heavy atom. The highest BCUT2D eigenvalue weighted by Crippen LogP contribution is 2.20. The number of nitrogens with two attached hydrogens (primary N) is 1. The Kier molecular flexibility index (Phi) is 4.97. The van der Waals surface area contributed by atoms with Crippen LogP contribution in [0.25, 0.3) is 0 Å². The highest BCUT2D eigenvalue weighted by molar-refractivity contribution is 5.34. The molecule has 2 N–H and O–H groups in total. The molecule has 1 atom stereocenters. The van der Waals surface area contributed by atoms with Crippen molar-refractivity contribution in [3.63, 3.8) is 0 Å². The van der Waals surface area contributed by atoms with Gasteiger partial charge in [-0.3, -0.25) is 0 Å². The van der Waals surface area contributed by atoms with Crippen molar-refractivity contribution in [1.82, 2.24) is 0 Å². The second kappa shape index (κ2) is 6.71. The Hall–Kier alpha value is -1.60. The van der Waals surface area contributed by atoms with Gasteiger partial charge < -0.3 is 5.73 Å². The lowest BCUT2D eigenvalue weighted by Gasteiger charge is -2.18. The van der Waals surface area contributed by atoms with Crippen molar-refractivity contribution in [3.05, 3.63) is 70.3 Å². The Balaban J connectivity index is 2.11. The van der Waals surface area contributed by atoms with Crippen molar-refractivity contribution in [1.29, 1.82) is 0 Å². The fourth-order valence-corrected chi connectivity index (χ4v) is 2.76. The van der Waals surface area contributed by atoms with Gasteiger partial charge in [0.05, 0.1) is 0 Å². The van der Waals surface area contributed by atoms with Gasteiger partial charge in [0, 0.05) is 0 Å². The highest BCUT2D eigenvalue weighted by atomic mass is 14.5. The van der Waals surface area contributed by atoms with E-state index in [0.29, 0.717) is 5.92 Å². The Bertz CT molecular complexity index is 534. The van der Waals surface area contributed by atoms with E-state index in [1.54, 1.807) is 0 Å². The summed E-state index contributed by atoms with van der Waals surface area (Å²) >= 11 is 0. The van der Waals surface area contributed by atoms with Crippen molar-refractivity contribution in [3.8, 4) is 0 Å². The lowest BCUT2D eigenvalue weighted by atomic mass is 9.88. The Morgan fingerprint density at radius 1 is 0.850 bits per heavy atom. The molecule has 0 aliphatic rings. The minimum atomic E-state index is 0.512. The van der Waals surface area contributed by atoms with Crippen LogP contribution in [0.2, 0.25) is 0 Å². The molecule has 1 heteroatoms. The minimum absolute atomic E-state index is 0.512. The first-order chi connectivity index (χ1) is 9.60. The third-order valence-electron chi connectivity index (χ3n) is 4.12. The molecule has 1 unspecified atom stereocenters. The number of aryl methyl sites for hydroxylation is 3. The van der Waals surface area contributed by atoms with Gasteiger partial charge in [-0.05, 0) is 68.3 Å². The highest BCUT2D eigenvalue weighted by Gasteiger charge is 2.12. The average molecular weight is 267 g/mol. The summed E-state index contributed by atoms with van der Waals surface area (Å²) < 4.78 is 0. The molecule has 0 radical (unpaired) electrons. The summed E-state index contributed by atoms with van der Waals surface area (Å²) in [6.45, 7) is 7.26. The zero-order valence-corrected chi connectivity index (χ0v) is 12.8. The third kappa shape index (κ3) is 3.71. The summed E-state index contributed by atoms with van der Waals surface area (Å²) in [7, 11) is 0. The fourth-order valence-electron chi connectivity index (χ4n) is 2.76. The molecule has 106 valence electrons. The van der Waals surface area contributed by atoms with Crippen LogP contribution in [0.1, 0.15) is 27.8 Å². The zero-order chi connectivity index (χ0) is 14.5. The van der Waals surface area contributed by atoms with E-state index >= 15 is 0 Å². The first-order valence-corrected chi connectivity index (χ1v) is 7.41. The monoisotopic (exact) mass is 267 g/mol. The number of hydrogen-bond donors (Lipinski definition) is 1. The Labute approximate surface area is 122 Å². The molecule has 1 nitrogen and oxygen atoms in total. The predicted octanol–water partition coefficient (Wildman–Crippen LogP) is 3.97. The van der Waals surface area contributed by atoms with Crippen molar-refractivity contribution in [2.75, 3.05) is 6.54 Å². The summed E-state index contributed by atoms with van der Waals surface area (Å²) in [5.74, 6) is 0.512. The van der Waals surface area contributed by atoms with Gasteiger partial charge in [-0.1, -0.05) is 48.0 Å². The molecule has 0 bridgehead atoms. The number of rotatable bonds is 5. The van der Waals surface area contributed by atoms with Crippen molar-refractivity contribution in [2.45, 2.75) is 33.6 Å². The van der Waals surface area contributed by atoms with Gasteiger partial charge in [-0.2, -0.15) is 0 Å². The molecule has 0 aliphatic carbocycles. The fraction of sp³-hybridized carbons (Fsp3) is 0.368. The summed E-state index contributed by atoms with van der Waals surface area (Å²) in [4.78, 5) is 0. The summed E-state index contributed by atoms with van der Waals surface area (Å²) in [5, 5.41) is 0. The summed E-state index contributed by atoms with van der Waals surface area (Å²) in [6.07, 6.45) is 2.13. The SMILES string of the molecule is Cc1ccc(CC(CN)Cc2c(C)cccc2C)cc1. The van der Waals surface area contributed by atoms with E-state index in [2.05, 4.69) is 63.2 Å². The quantitative estimate of drug-likeness (QED) is 0.871. The molecule has 0 aliphatic heterocycles. The Morgan fingerprint density at radius 2 is 1.45 bits per heavy atom. The number of benzene rings is 2. The van der Waals surface area contributed by atoms with Crippen molar-refractivity contribution in [2.24, 2.45) is 11.7 Å². The first-order valence-electron chi connectivity index (χ1n) is 7.41. The minimum Gasteiger partial charge on any atom is -0.330 e. The topological polar surface area (TPSA) is 26.0 Å². The van der Waals surface area contributed by atoms with Gasteiger partial charge in [-0.25, -0.2) is 0 Å². The average Bonchev–Trinajstić information content (AvgIpc) is 2.44. The van der Waals surface area contributed by atoms with Crippen molar-refractivity contribution < 1.29 is 0 Å². The van der Waals surface area contributed by atoms with Gasteiger partial charge in [0.1, 0.15) is 0 Å². The van der Waals surface area contributed by atoms with Crippen LogP contribution in [-0.2, 0) is 12.8 Å². The predicted molar refractivity (Wildman–Crippen MR) is 87.0 cm³/mol. The smallest absolute Gasteiger partial charge is 0.00425 e. The molecule has 0 heterocycles. The maximum atomic E-state index is 6.00. The van der Waals surface area contributed by atoms with Gasteiger partial charge in [-0.15, -0.1) is 0 Å². The first kappa shape index (κ1) is 14.8. The maximum absolute atomic E-state index is 6.00. The molecule has 0 spiro atoms. The molecule has 20 heavy (non-hydrogen) atoms. The normalized spacial score (nSPS) is 12.4. The van der Waals surface area contributed by atoms with Crippen LogP contribution >= 0.6 is 0 Å². The molecule has 0 fully saturated rings. The summed E-state index contributed by atoms with van der Waals surface area (Å²) in [5.41, 5.74) is 12.9. The molecule has 2 rings (SSSR count). The van der Waals surface area contributed by atoms with Gasteiger partial charge in [0.2, 0.25) is 0 Å². The second-order valence-electron chi connectivity index (χ2n) is 5.87. The summed E-state index contributed by atoms with van der Waals surface area (Å²) in [6, 6.07) is 15.3. The van der Waals surface area contributed by atoms with E-state index in [9.17, 15) is 0 Å². The molecular formula is C19H25N. The molecule has 0 amide bonds. The molecular weight excluding hydrogens is 242 g/mol. The molecule has 2 aromatic carbocycles. The largest absolute Gasteiger partial charge is 0.330 e. The van der Waals surface area contributed by atoms with E-state index in [1.807, 2.05) is 0 Å². The van der Waals surface area contributed by atoms with Crippen LogP contribution in [0.5, 0.6) is 0 Å². The number of hydrogen-bond acceptors (Lipinski definition) is 1. The van der Waals surface area contributed by atoms with E-state index in [1.165, 1.54) is 27.8 Å². The van der Waals surface area contributed by atoms with Crippen LogP contribution in [0.15, 0.2) is 42.5 Å². The lowest BCUT2D eigenvalue weighted by Crippen LogP contribution is -2.20. The van der Waals surface area contributed by atoms with Crippen LogP contribution in [0, 0.1) is 26.7 Å². The van der Waals surface area contributed by atoms with Crippen LogP contribution in [0.4, 0.5) is 0 Å². The van der Waals surface area contributed by atoms with E-state index in [-0.39, 0.29) is 0 Å². The van der Waals surface area contributed by atoms with Crippen LogP contribution in [0.3, 0.4) is 0 Å². The van der Waals surface area contributed by atoms with Gasteiger partial charge in [0.15, 0.2) is 0 Å². The molecule has 0 saturated carbocycles. The standard InChI is InChI=1S/C19H25N/c1-14-7-9-17(10-8-14)11-18(13-20)12-19-15(2)5-4-6-16(19)3/h4-10,18H,11-13,20H2,1-3H3. The van der Waals surface area contributed by atoms with E-state index < -0.39 is 0 Å². The van der Waals surface area contributed by atoms with Crippen LogP contribution in [-0.4, -0.2) is 6.54 Å². The van der Waals surface area contributed by atoms with E-state index in [0.717, 1.165) is 19.4 Å².